The van der Waals surface area contributed by atoms with Crippen molar-refractivity contribution in [3.63, 3.8) is 0 Å². The number of aliphatic hydroxyl groups is 1. The van der Waals surface area contributed by atoms with Crippen LogP contribution in [0.1, 0.15) is 51.4 Å². The molecule has 118 valence electrons. The van der Waals surface area contributed by atoms with E-state index in [0.29, 0.717) is 17.3 Å². The largest absolute Gasteiger partial charge is 0.396 e. The average molecular weight is 292 g/mol. The Bertz CT molecular complexity index is 417. The monoisotopic (exact) mass is 292 g/mol. The lowest BCUT2D eigenvalue weighted by Gasteiger charge is -2.43. The Kier molecular flexibility index (Phi) is 3.40. The Morgan fingerprint density at radius 2 is 1.90 bits per heavy atom. The van der Waals surface area contributed by atoms with Crippen LogP contribution in [0.2, 0.25) is 0 Å². The summed E-state index contributed by atoms with van der Waals surface area (Å²) in [5.41, 5.74) is 0.433. The minimum Gasteiger partial charge on any atom is -0.396 e. The van der Waals surface area contributed by atoms with E-state index in [1.54, 1.807) is 0 Å². The molecule has 4 aliphatic carbocycles. The number of nitrogens with one attached hydrogen (secondary N) is 2. The number of hydrogen-bond acceptors (Lipinski definition) is 2. The van der Waals surface area contributed by atoms with Crippen molar-refractivity contribution >= 4 is 6.03 Å². The average Bonchev–Trinajstić information content (AvgIpc) is 3.08. The quantitative estimate of drug-likeness (QED) is 0.728. The van der Waals surface area contributed by atoms with Crippen LogP contribution in [0.5, 0.6) is 0 Å². The molecule has 0 radical (unpaired) electrons. The number of carbonyl (C=O) groups is 1. The molecule has 3 N–H and O–H groups in total. The summed E-state index contributed by atoms with van der Waals surface area (Å²) in [6.07, 6.45) is 10.3. The molecule has 4 atom stereocenters. The molecule has 4 fully saturated rings. The van der Waals surface area contributed by atoms with Gasteiger partial charge in [-0.3, -0.25) is 0 Å². The van der Waals surface area contributed by atoms with Crippen molar-refractivity contribution in [2.75, 3.05) is 13.2 Å². The number of rotatable bonds is 5. The minimum absolute atomic E-state index is 0.00192. The van der Waals surface area contributed by atoms with E-state index < -0.39 is 0 Å². The molecule has 0 aromatic rings. The van der Waals surface area contributed by atoms with Crippen LogP contribution in [-0.2, 0) is 0 Å². The third-order valence-electron chi connectivity index (χ3n) is 6.99. The molecule has 0 spiro atoms. The summed E-state index contributed by atoms with van der Waals surface area (Å²) < 4.78 is 0. The van der Waals surface area contributed by atoms with Gasteiger partial charge in [0, 0.05) is 25.1 Å². The smallest absolute Gasteiger partial charge is 0.315 e. The van der Waals surface area contributed by atoms with Crippen LogP contribution < -0.4 is 10.6 Å². The Morgan fingerprint density at radius 1 is 1.14 bits per heavy atom. The second kappa shape index (κ2) is 5.15. The molecule has 0 heterocycles. The van der Waals surface area contributed by atoms with E-state index >= 15 is 0 Å². The first-order chi connectivity index (χ1) is 10.2. The van der Waals surface area contributed by atoms with Crippen LogP contribution in [0.15, 0.2) is 0 Å². The fourth-order valence-corrected chi connectivity index (χ4v) is 5.41. The first-order valence-electron chi connectivity index (χ1n) is 8.87. The van der Waals surface area contributed by atoms with Gasteiger partial charge in [-0.15, -0.1) is 0 Å². The fourth-order valence-electron chi connectivity index (χ4n) is 5.41. The molecule has 0 aromatic heterocycles. The maximum absolute atomic E-state index is 12.3. The highest BCUT2D eigenvalue weighted by Gasteiger charge is 2.50. The molecule has 0 saturated heterocycles. The molecule has 4 saturated carbocycles. The van der Waals surface area contributed by atoms with Crippen molar-refractivity contribution < 1.29 is 9.90 Å². The number of hydrogen-bond donors (Lipinski definition) is 3. The predicted molar refractivity (Wildman–Crippen MR) is 80.7 cm³/mol. The van der Waals surface area contributed by atoms with Gasteiger partial charge in [0.15, 0.2) is 0 Å². The van der Waals surface area contributed by atoms with Gasteiger partial charge in [-0.1, -0.05) is 6.42 Å². The van der Waals surface area contributed by atoms with Crippen LogP contribution in [0.4, 0.5) is 4.79 Å². The second-order valence-corrected chi connectivity index (χ2v) is 8.02. The second-order valence-electron chi connectivity index (χ2n) is 8.02. The molecule has 2 amide bonds. The molecule has 4 heteroatoms. The third-order valence-corrected chi connectivity index (χ3v) is 6.99. The Morgan fingerprint density at radius 3 is 2.52 bits per heavy atom. The lowest BCUT2D eigenvalue weighted by molar-refractivity contribution is 0.0997. The SMILES string of the molecule is O=C(NCC1(C2CC2)CCC1)NC1C2CCC(C2)C1CO. The van der Waals surface area contributed by atoms with Crippen molar-refractivity contribution in [2.24, 2.45) is 29.1 Å². The van der Waals surface area contributed by atoms with Gasteiger partial charge in [0.05, 0.1) is 0 Å². The molecule has 0 aliphatic heterocycles. The van der Waals surface area contributed by atoms with Crippen LogP contribution in [0.3, 0.4) is 0 Å². The summed E-state index contributed by atoms with van der Waals surface area (Å²) in [4.78, 5) is 12.3. The van der Waals surface area contributed by atoms with E-state index in [9.17, 15) is 9.90 Å². The molecule has 4 unspecified atom stereocenters. The maximum atomic E-state index is 12.3. The molecule has 0 aromatic carbocycles. The van der Waals surface area contributed by atoms with Gasteiger partial charge in [-0.2, -0.15) is 0 Å². The highest BCUT2D eigenvalue weighted by atomic mass is 16.3. The Labute approximate surface area is 127 Å². The maximum Gasteiger partial charge on any atom is 0.315 e. The summed E-state index contributed by atoms with van der Waals surface area (Å²) in [6, 6.07) is 0.199. The summed E-state index contributed by atoms with van der Waals surface area (Å²) >= 11 is 0. The van der Waals surface area contributed by atoms with Crippen LogP contribution in [0, 0.1) is 29.1 Å². The van der Waals surface area contributed by atoms with E-state index in [0.717, 1.165) is 12.5 Å². The van der Waals surface area contributed by atoms with Crippen molar-refractivity contribution in [3.8, 4) is 0 Å². The fraction of sp³-hybridized carbons (Fsp3) is 0.941. The van der Waals surface area contributed by atoms with Gasteiger partial charge < -0.3 is 15.7 Å². The summed E-state index contributed by atoms with van der Waals surface area (Å²) in [5, 5.41) is 15.9. The third kappa shape index (κ3) is 2.36. The first-order valence-corrected chi connectivity index (χ1v) is 8.87. The summed E-state index contributed by atoms with van der Waals surface area (Å²) in [6.45, 7) is 1.08. The molecule has 21 heavy (non-hydrogen) atoms. The lowest BCUT2D eigenvalue weighted by Crippen LogP contribution is -2.52. The van der Waals surface area contributed by atoms with Gasteiger partial charge in [0.2, 0.25) is 0 Å². The number of amides is 2. The first kappa shape index (κ1) is 13.9. The van der Waals surface area contributed by atoms with Gasteiger partial charge in [-0.05, 0) is 68.1 Å². The van der Waals surface area contributed by atoms with Crippen molar-refractivity contribution in [1.29, 1.82) is 0 Å². The minimum atomic E-state index is -0.00192. The highest BCUT2D eigenvalue weighted by Crippen LogP contribution is 2.56. The lowest BCUT2D eigenvalue weighted by atomic mass is 9.65. The Balaban J connectivity index is 1.30. The van der Waals surface area contributed by atoms with Gasteiger partial charge in [-0.25, -0.2) is 4.79 Å². The zero-order chi connectivity index (χ0) is 14.4. The van der Waals surface area contributed by atoms with E-state index in [4.69, 9.17) is 0 Å². The normalized spacial score (nSPS) is 39.9. The van der Waals surface area contributed by atoms with E-state index in [2.05, 4.69) is 10.6 Å². The van der Waals surface area contributed by atoms with E-state index in [-0.39, 0.29) is 24.6 Å². The van der Waals surface area contributed by atoms with Crippen LogP contribution >= 0.6 is 0 Å². The molecule has 4 nitrogen and oxygen atoms in total. The molecule has 4 aliphatic rings. The molecular formula is C17H28N2O2. The summed E-state index contributed by atoms with van der Waals surface area (Å²) in [7, 11) is 0. The van der Waals surface area contributed by atoms with E-state index in [1.807, 2.05) is 0 Å². The standard InChI is InChI=1S/C17H28N2O2/c20-9-14-11-2-3-12(8-11)15(14)19-16(21)18-10-17(6-1-7-17)13-4-5-13/h11-15,20H,1-10H2,(H2,18,19,21). The molecule has 4 rings (SSSR count). The van der Waals surface area contributed by atoms with Gasteiger partial charge >= 0.3 is 6.03 Å². The Hall–Kier alpha value is -0.770. The van der Waals surface area contributed by atoms with Gasteiger partial charge in [0.1, 0.15) is 0 Å². The van der Waals surface area contributed by atoms with Crippen LogP contribution in [-0.4, -0.2) is 30.3 Å². The van der Waals surface area contributed by atoms with Crippen molar-refractivity contribution in [1.82, 2.24) is 10.6 Å². The van der Waals surface area contributed by atoms with Crippen molar-refractivity contribution in [2.45, 2.75) is 57.4 Å². The number of fused-ring (bicyclic) bond motifs is 2. The topological polar surface area (TPSA) is 61.4 Å². The highest BCUT2D eigenvalue weighted by molar-refractivity contribution is 5.74. The zero-order valence-electron chi connectivity index (χ0n) is 12.8. The summed E-state index contributed by atoms with van der Waals surface area (Å²) in [5.74, 6) is 2.39. The number of aliphatic hydroxyl groups excluding tert-OH is 1. The number of carbonyl (C=O) groups excluding carboxylic acids is 1. The van der Waals surface area contributed by atoms with Gasteiger partial charge in [0.25, 0.3) is 0 Å². The van der Waals surface area contributed by atoms with Crippen molar-refractivity contribution in [3.05, 3.63) is 0 Å². The predicted octanol–water partition coefficient (Wildman–Crippen LogP) is 2.27. The zero-order valence-corrected chi connectivity index (χ0v) is 12.8. The number of urea groups is 1. The molecule has 2 bridgehead atoms. The van der Waals surface area contributed by atoms with E-state index in [1.165, 1.54) is 51.4 Å². The molecular weight excluding hydrogens is 264 g/mol. The van der Waals surface area contributed by atoms with Crippen LogP contribution in [0.25, 0.3) is 0 Å².